The van der Waals surface area contributed by atoms with Crippen LogP contribution in [0.25, 0.3) is 0 Å². The fraction of sp³-hybridized carbons (Fsp3) is 0.429. The van der Waals surface area contributed by atoms with Crippen molar-refractivity contribution < 1.29 is 14.0 Å². The van der Waals surface area contributed by atoms with Crippen LogP contribution < -0.4 is 11.1 Å². The van der Waals surface area contributed by atoms with Crippen molar-refractivity contribution in [2.24, 2.45) is 5.73 Å². The molecule has 5 nitrogen and oxygen atoms in total. The number of rotatable bonds is 4. The van der Waals surface area contributed by atoms with Crippen molar-refractivity contribution in [3.63, 3.8) is 0 Å². The van der Waals surface area contributed by atoms with Crippen LogP contribution in [0.4, 0.5) is 4.39 Å². The molecule has 1 saturated heterocycles. The third-order valence-corrected chi connectivity index (χ3v) is 4.13. The first-order valence-electron chi connectivity index (χ1n) is 6.74. The Balaban J connectivity index is 2.28. The Morgan fingerprint density at radius 3 is 2.67 bits per heavy atom. The number of carbonyl (C=O) groups excluding carboxylic acids is 2. The number of hydrogen-bond acceptors (Lipinski definition) is 3. The van der Waals surface area contributed by atoms with E-state index < -0.39 is 17.6 Å². The third-order valence-electron chi connectivity index (χ3n) is 3.52. The van der Waals surface area contributed by atoms with E-state index in [0.717, 1.165) is 13.1 Å². The lowest BCUT2D eigenvalue weighted by Gasteiger charge is -2.34. The summed E-state index contributed by atoms with van der Waals surface area (Å²) in [5.74, 6) is -1.72. The number of hydrogen-bond donors (Lipinski definition) is 2. The van der Waals surface area contributed by atoms with Crippen molar-refractivity contribution in [2.45, 2.75) is 18.9 Å². The molecule has 0 atom stereocenters. The van der Waals surface area contributed by atoms with Gasteiger partial charge in [-0.15, -0.1) is 0 Å². The molecule has 0 unspecified atom stereocenters. The predicted molar refractivity (Wildman–Crippen MR) is 80.2 cm³/mol. The van der Waals surface area contributed by atoms with Crippen molar-refractivity contribution >= 4 is 27.7 Å². The summed E-state index contributed by atoms with van der Waals surface area (Å²) in [6.45, 7) is 1.32. The quantitative estimate of drug-likeness (QED) is 0.851. The van der Waals surface area contributed by atoms with E-state index in [4.69, 9.17) is 5.73 Å². The minimum absolute atomic E-state index is 0.0517. The van der Waals surface area contributed by atoms with Crippen LogP contribution in [0.3, 0.4) is 0 Å². The molecular weight excluding hydrogens is 341 g/mol. The molecule has 0 bridgehead atoms. The summed E-state index contributed by atoms with van der Waals surface area (Å²) >= 11 is 3.06. The maximum Gasteiger partial charge on any atom is 0.257 e. The van der Waals surface area contributed by atoms with Crippen LogP contribution in [0.1, 0.15) is 23.2 Å². The minimum Gasteiger partial charge on any atom is -0.368 e. The van der Waals surface area contributed by atoms with E-state index >= 15 is 0 Å². The van der Waals surface area contributed by atoms with Gasteiger partial charge in [-0.05, 0) is 54.0 Å². The summed E-state index contributed by atoms with van der Waals surface area (Å²) in [4.78, 5) is 25.2. The van der Waals surface area contributed by atoms with Crippen molar-refractivity contribution in [3.05, 3.63) is 34.1 Å². The average molecular weight is 358 g/mol. The Kier molecular flexibility index (Phi) is 5.30. The number of amides is 2. The maximum atomic E-state index is 14.1. The molecule has 1 heterocycles. The maximum absolute atomic E-state index is 14.1. The highest BCUT2D eigenvalue weighted by Crippen LogP contribution is 2.22. The number of nitrogens with one attached hydrogen (secondary N) is 1. The fourth-order valence-electron chi connectivity index (χ4n) is 2.48. The van der Waals surface area contributed by atoms with Crippen molar-refractivity contribution in [3.8, 4) is 0 Å². The lowest BCUT2D eigenvalue weighted by Crippen LogP contribution is -2.49. The van der Waals surface area contributed by atoms with E-state index in [2.05, 4.69) is 21.2 Å². The number of benzene rings is 1. The van der Waals surface area contributed by atoms with Gasteiger partial charge in [0.05, 0.1) is 16.6 Å². The standard InChI is InChI=1S/C14H17BrFN3O2/c15-11-3-1-2-10(13(11)16)14(21)19(8-12(17)20)9-4-6-18-7-5-9/h1-3,9,18H,4-8H2,(H2,17,20). The molecule has 7 heteroatoms. The molecule has 0 spiro atoms. The molecule has 2 amide bonds. The van der Waals surface area contributed by atoms with E-state index in [1.807, 2.05) is 0 Å². The number of primary amides is 1. The third kappa shape index (κ3) is 3.79. The lowest BCUT2D eigenvalue weighted by molar-refractivity contribution is -0.119. The second-order valence-corrected chi connectivity index (χ2v) is 5.84. The highest BCUT2D eigenvalue weighted by atomic mass is 79.9. The number of nitrogens with two attached hydrogens (primary N) is 1. The molecule has 1 aromatic carbocycles. The number of halogens is 2. The van der Waals surface area contributed by atoms with E-state index in [0.29, 0.717) is 12.8 Å². The second kappa shape index (κ2) is 7.00. The number of piperidine rings is 1. The minimum atomic E-state index is -0.620. The van der Waals surface area contributed by atoms with Gasteiger partial charge in [-0.2, -0.15) is 0 Å². The molecular formula is C14H17BrFN3O2. The molecule has 1 fully saturated rings. The molecule has 0 aliphatic carbocycles. The molecule has 1 aromatic rings. The number of nitrogens with zero attached hydrogens (tertiary/aromatic N) is 1. The Labute approximate surface area is 130 Å². The van der Waals surface area contributed by atoms with Crippen LogP contribution in [0.5, 0.6) is 0 Å². The van der Waals surface area contributed by atoms with Gasteiger partial charge in [0.1, 0.15) is 5.82 Å². The molecule has 0 aromatic heterocycles. The van der Waals surface area contributed by atoms with E-state index in [-0.39, 0.29) is 22.6 Å². The van der Waals surface area contributed by atoms with Crippen LogP contribution >= 0.6 is 15.9 Å². The van der Waals surface area contributed by atoms with Crippen LogP contribution in [0, 0.1) is 5.82 Å². The lowest BCUT2D eigenvalue weighted by atomic mass is 10.0. The average Bonchev–Trinajstić information content (AvgIpc) is 2.48. The van der Waals surface area contributed by atoms with Gasteiger partial charge in [-0.3, -0.25) is 9.59 Å². The molecule has 21 heavy (non-hydrogen) atoms. The van der Waals surface area contributed by atoms with Gasteiger partial charge in [0.2, 0.25) is 5.91 Å². The summed E-state index contributed by atoms with van der Waals surface area (Å²) in [7, 11) is 0. The summed E-state index contributed by atoms with van der Waals surface area (Å²) in [5, 5.41) is 3.19. The Morgan fingerprint density at radius 1 is 1.38 bits per heavy atom. The number of carbonyl (C=O) groups is 2. The van der Waals surface area contributed by atoms with Crippen LogP contribution in [0.2, 0.25) is 0 Å². The van der Waals surface area contributed by atoms with E-state index in [1.54, 1.807) is 6.07 Å². The fourth-order valence-corrected chi connectivity index (χ4v) is 2.84. The Bertz CT molecular complexity index is 547. The molecule has 3 N–H and O–H groups in total. The Hall–Kier alpha value is -1.47. The van der Waals surface area contributed by atoms with Gasteiger partial charge in [-0.25, -0.2) is 4.39 Å². The summed E-state index contributed by atoms with van der Waals surface area (Å²) in [6.07, 6.45) is 1.43. The van der Waals surface area contributed by atoms with Gasteiger partial charge in [0.25, 0.3) is 5.91 Å². The SMILES string of the molecule is NC(=O)CN(C(=O)c1cccc(Br)c1F)C1CCNCC1. The molecule has 2 rings (SSSR count). The molecule has 0 saturated carbocycles. The topological polar surface area (TPSA) is 75.4 Å². The monoisotopic (exact) mass is 357 g/mol. The summed E-state index contributed by atoms with van der Waals surface area (Å²) < 4.78 is 14.3. The van der Waals surface area contributed by atoms with Gasteiger partial charge in [0, 0.05) is 6.04 Å². The Morgan fingerprint density at radius 2 is 2.05 bits per heavy atom. The first kappa shape index (κ1) is 15.9. The highest BCUT2D eigenvalue weighted by molar-refractivity contribution is 9.10. The van der Waals surface area contributed by atoms with Crippen molar-refractivity contribution in [1.29, 1.82) is 0 Å². The van der Waals surface area contributed by atoms with E-state index in [9.17, 15) is 14.0 Å². The van der Waals surface area contributed by atoms with Gasteiger partial charge < -0.3 is 16.0 Å². The largest absolute Gasteiger partial charge is 0.368 e. The van der Waals surface area contributed by atoms with Crippen molar-refractivity contribution in [1.82, 2.24) is 10.2 Å². The predicted octanol–water partition coefficient (Wildman–Crippen LogP) is 1.27. The second-order valence-electron chi connectivity index (χ2n) is 4.98. The first-order chi connectivity index (χ1) is 10.0. The normalized spacial score (nSPS) is 15.7. The van der Waals surface area contributed by atoms with Crippen molar-refractivity contribution in [2.75, 3.05) is 19.6 Å². The molecule has 114 valence electrons. The molecule has 1 aliphatic rings. The summed E-state index contributed by atoms with van der Waals surface area (Å²) in [6, 6.07) is 4.42. The highest BCUT2D eigenvalue weighted by Gasteiger charge is 2.29. The smallest absolute Gasteiger partial charge is 0.257 e. The zero-order valence-electron chi connectivity index (χ0n) is 11.4. The van der Waals surface area contributed by atoms with Crippen LogP contribution in [-0.2, 0) is 4.79 Å². The van der Waals surface area contributed by atoms with Gasteiger partial charge in [-0.1, -0.05) is 6.07 Å². The summed E-state index contributed by atoms with van der Waals surface area (Å²) in [5.41, 5.74) is 5.18. The zero-order chi connectivity index (χ0) is 15.4. The van der Waals surface area contributed by atoms with E-state index in [1.165, 1.54) is 17.0 Å². The van der Waals surface area contributed by atoms with Gasteiger partial charge in [0.15, 0.2) is 0 Å². The molecule has 1 aliphatic heterocycles. The zero-order valence-corrected chi connectivity index (χ0v) is 13.0. The molecule has 0 radical (unpaired) electrons. The van der Waals surface area contributed by atoms with Crippen LogP contribution in [-0.4, -0.2) is 42.4 Å². The first-order valence-corrected chi connectivity index (χ1v) is 7.54. The van der Waals surface area contributed by atoms with Gasteiger partial charge >= 0.3 is 0 Å². The van der Waals surface area contributed by atoms with Crippen LogP contribution in [0.15, 0.2) is 22.7 Å².